The molecule has 0 fully saturated rings. The van der Waals surface area contributed by atoms with E-state index in [1.807, 2.05) is 37.3 Å². The first-order chi connectivity index (χ1) is 7.69. The molecule has 0 aromatic carbocycles. The van der Waals surface area contributed by atoms with Crippen molar-refractivity contribution in [3.8, 4) is 0 Å². The number of nitrogens with two attached hydrogens (primary N) is 1. The number of rotatable bonds is 4. The Balaban J connectivity index is 2.12. The highest BCUT2D eigenvalue weighted by Crippen LogP contribution is 2.14. The highest BCUT2D eigenvalue weighted by Gasteiger charge is 2.13. The molecule has 0 radical (unpaired) electrons. The van der Waals surface area contributed by atoms with Gasteiger partial charge >= 0.3 is 0 Å². The lowest BCUT2D eigenvalue weighted by molar-refractivity contribution is 0.540. The van der Waals surface area contributed by atoms with Gasteiger partial charge in [-0.1, -0.05) is 0 Å². The Hall–Kier alpha value is -1.66. The lowest BCUT2D eigenvalue weighted by Crippen LogP contribution is -2.29. The van der Waals surface area contributed by atoms with Crippen LogP contribution < -0.4 is 11.3 Å². The van der Waals surface area contributed by atoms with Crippen molar-refractivity contribution in [3.63, 3.8) is 0 Å². The number of hydrazine groups is 1. The first-order valence-corrected chi connectivity index (χ1v) is 5.10. The lowest BCUT2D eigenvalue weighted by Gasteiger charge is -2.11. The van der Waals surface area contributed by atoms with Crippen LogP contribution in [0.4, 0.5) is 0 Å². The van der Waals surface area contributed by atoms with Crippen LogP contribution >= 0.6 is 0 Å². The third kappa shape index (κ3) is 2.29. The lowest BCUT2D eigenvalue weighted by atomic mass is 10.1. The van der Waals surface area contributed by atoms with E-state index in [0.717, 1.165) is 17.7 Å². The van der Waals surface area contributed by atoms with Crippen LogP contribution in [0.5, 0.6) is 0 Å². The molecule has 2 aromatic rings. The molecular weight excluding hydrogens is 204 g/mol. The van der Waals surface area contributed by atoms with Crippen molar-refractivity contribution in [3.05, 3.63) is 36.2 Å². The summed E-state index contributed by atoms with van der Waals surface area (Å²) in [6.07, 6.45) is 8.33. The molecule has 0 aliphatic rings. The van der Waals surface area contributed by atoms with Crippen LogP contribution in [0, 0.1) is 0 Å². The topological polar surface area (TPSA) is 73.7 Å². The van der Waals surface area contributed by atoms with Crippen LogP contribution in [0.25, 0.3) is 0 Å². The van der Waals surface area contributed by atoms with Crippen LogP contribution in [-0.2, 0) is 20.5 Å². The van der Waals surface area contributed by atoms with E-state index in [4.69, 9.17) is 5.84 Å². The fraction of sp³-hybridized carbons (Fsp3) is 0.400. The van der Waals surface area contributed by atoms with E-state index in [1.165, 1.54) is 0 Å². The normalized spacial score (nSPS) is 12.9. The fourth-order valence-corrected chi connectivity index (χ4v) is 1.67. The Kier molecular flexibility index (Phi) is 3.02. The molecule has 1 atom stereocenters. The number of hydrogen-bond donors (Lipinski definition) is 2. The number of aromatic nitrogens is 4. The van der Waals surface area contributed by atoms with Gasteiger partial charge in [0, 0.05) is 26.5 Å². The van der Waals surface area contributed by atoms with Gasteiger partial charge in [-0.3, -0.25) is 16.0 Å². The van der Waals surface area contributed by atoms with E-state index < -0.39 is 0 Å². The summed E-state index contributed by atoms with van der Waals surface area (Å²) in [5.41, 5.74) is 4.85. The van der Waals surface area contributed by atoms with Crippen molar-refractivity contribution in [1.29, 1.82) is 0 Å². The summed E-state index contributed by atoms with van der Waals surface area (Å²) in [5.74, 6) is 5.54. The molecule has 86 valence electrons. The van der Waals surface area contributed by atoms with E-state index in [1.54, 1.807) is 11.0 Å². The minimum absolute atomic E-state index is 0.0189. The standard InChI is InChI=1S/C10H16N6/c1-15-6-10(12-7-15)9(14-11)3-8-4-13-16(2)5-8/h4-7,9,14H,3,11H2,1-2H3. The van der Waals surface area contributed by atoms with Gasteiger partial charge in [-0.05, 0) is 12.0 Å². The maximum atomic E-state index is 5.54. The molecule has 6 nitrogen and oxygen atoms in total. The van der Waals surface area contributed by atoms with E-state index in [-0.39, 0.29) is 6.04 Å². The van der Waals surface area contributed by atoms with Crippen molar-refractivity contribution in [2.24, 2.45) is 19.9 Å². The molecule has 6 heteroatoms. The maximum absolute atomic E-state index is 5.54. The molecular formula is C10H16N6. The third-order valence-electron chi connectivity index (χ3n) is 2.48. The monoisotopic (exact) mass is 220 g/mol. The molecule has 0 bridgehead atoms. The minimum Gasteiger partial charge on any atom is -0.340 e. The second kappa shape index (κ2) is 4.46. The zero-order valence-corrected chi connectivity index (χ0v) is 9.46. The van der Waals surface area contributed by atoms with Crippen molar-refractivity contribution in [2.75, 3.05) is 0 Å². The molecule has 0 amide bonds. The van der Waals surface area contributed by atoms with E-state index in [0.29, 0.717) is 0 Å². The summed E-state index contributed by atoms with van der Waals surface area (Å²) < 4.78 is 3.68. The fourth-order valence-electron chi connectivity index (χ4n) is 1.67. The van der Waals surface area contributed by atoms with Gasteiger partial charge in [0.05, 0.1) is 24.3 Å². The number of nitrogens with zero attached hydrogens (tertiary/aromatic N) is 4. The average molecular weight is 220 g/mol. The molecule has 0 saturated heterocycles. The van der Waals surface area contributed by atoms with Gasteiger partial charge in [0.25, 0.3) is 0 Å². The number of aryl methyl sites for hydroxylation is 2. The van der Waals surface area contributed by atoms with Gasteiger partial charge in [-0.15, -0.1) is 0 Å². The maximum Gasteiger partial charge on any atom is 0.0947 e. The molecule has 2 heterocycles. The Labute approximate surface area is 94.1 Å². The Morgan fingerprint density at radius 1 is 1.44 bits per heavy atom. The van der Waals surface area contributed by atoms with Gasteiger partial charge in [-0.2, -0.15) is 5.10 Å². The molecule has 0 aliphatic carbocycles. The van der Waals surface area contributed by atoms with Gasteiger partial charge < -0.3 is 4.57 Å². The first kappa shape index (κ1) is 10.8. The minimum atomic E-state index is 0.0189. The molecule has 16 heavy (non-hydrogen) atoms. The average Bonchev–Trinajstić information content (AvgIpc) is 2.84. The molecule has 0 saturated carbocycles. The Morgan fingerprint density at radius 3 is 2.75 bits per heavy atom. The van der Waals surface area contributed by atoms with Crippen LogP contribution in [0.15, 0.2) is 24.9 Å². The van der Waals surface area contributed by atoms with E-state index in [2.05, 4.69) is 15.5 Å². The number of imidazole rings is 1. The predicted octanol–water partition coefficient (Wildman–Crippen LogP) is -0.0993. The quantitative estimate of drug-likeness (QED) is 0.557. The van der Waals surface area contributed by atoms with E-state index >= 15 is 0 Å². The zero-order chi connectivity index (χ0) is 11.5. The highest BCUT2D eigenvalue weighted by molar-refractivity contribution is 5.12. The first-order valence-electron chi connectivity index (χ1n) is 5.10. The number of hydrogen-bond acceptors (Lipinski definition) is 4. The summed E-state index contributed by atoms with van der Waals surface area (Å²) in [4.78, 5) is 4.28. The largest absolute Gasteiger partial charge is 0.340 e. The summed E-state index contributed by atoms with van der Waals surface area (Å²) in [5, 5.41) is 4.13. The van der Waals surface area contributed by atoms with Crippen molar-refractivity contribution in [2.45, 2.75) is 12.5 Å². The van der Waals surface area contributed by atoms with Crippen LogP contribution in [0.3, 0.4) is 0 Å². The highest BCUT2D eigenvalue weighted by atomic mass is 15.3. The second-order valence-electron chi connectivity index (χ2n) is 3.91. The zero-order valence-electron chi connectivity index (χ0n) is 9.46. The van der Waals surface area contributed by atoms with Gasteiger partial charge in [0.2, 0.25) is 0 Å². The van der Waals surface area contributed by atoms with Gasteiger partial charge in [0.15, 0.2) is 0 Å². The summed E-state index contributed by atoms with van der Waals surface area (Å²) >= 11 is 0. The summed E-state index contributed by atoms with van der Waals surface area (Å²) in [6.45, 7) is 0. The Bertz CT molecular complexity index is 457. The third-order valence-corrected chi connectivity index (χ3v) is 2.48. The molecule has 3 N–H and O–H groups in total. The summed E-state index contributed by atoms with van der Waals surface area (Å²) in [7, 11) is 3.84. The smallest absolute Gasteiger partial charge is 0.0947 e. The predicted molar refractivity (Wildman–Crippen MR) is 60.2 cm³/mol. The molecule has 0 spiro atoms. The van der Waals surface area contributed by atoms with Gasteiger partial charge in [0.1, 0.15) is 0 Å². The van der Waals surface area contributed by atoms with Crippen molar-refractivity contribution < 1.29 is 0 Å². The van der Waals surface area contributed by atoms with Crippen LogP contribution in [0.2, 0.25) is 0 Å². The molecule has 0 aliphatic heterocycles. The Morgan fingerprint density at radius 2 is 2.25 bits per heavy atom. The molecule has 2 rings (SSSR count). The molecule has 2 aromatic heterocycles. The van der Waals surface area contributed by atoms with Crippen LogP contribution in [-0.4, -0.2) is 19.3 Å². The van der Waals surface area contributed by atoms with E-state index in [9.17, 15) is 0 Å². The SMILES string of the molecule is Cn1cnc(C(Cc2cnn(C)c2)NN)c1. The second-order valence-corrected chi connectivity index (χ2v) is 3.91. The van der Waals surface area contributed by atoms with Crippen molar-refractivity contribution >= 4 is 0 Å². The number of nitrogens with one attached hydrogen (secondary N) is 1. The molecule has 1 unspecified atom stereocenters. The van der Waals surface area contributed by atoms with Crippen molar-refractivity contribution in [1.82, 2.24) is 24.8 Å². The van der Waals surface area contributed by atoms with Gasteiger partial charge in [-0.25, -0.2) is 4.98 Å². The summed E-state index contributed by atoms with van der Waals surface area (Å²) in [6, 6.07) is 0.0189. The van der Waals surface area contributed by atoms with Crippen LogP contribution in [0.1, 0.15) is 17.3 Å².